The predicted molar refractivity (Wildman–Crippen MR) is 90.6 cm³/mol. The van der Waals surface area contributed by atoms with Gasteiger partial charge in [0.1, 0.15) is 5.75 Å². The van der Waals surface area contributed by atoms with Gasteiger partial charge in [0.05, 0.1) is 7.11 Å². The van der Waals surface area contributed by atoms with E-state index in [0.29, 0.717) is 5.56 Å². The van der Waals surface area contributed by atoms with Crippen LogP contribution in [0.1, 0.15) is 42.1 Å². The Morgan fingerprint density at radius 3 is 2.27 bits per heavy atom. The molecule has 0 aliphatic heterocycles. The monoisotopic (exact) mass is 297 g/mol. The van der Waals surface area contributed by atoms with Crippen molar-refractivity contribution in [1.29, 1.82) is 0 Å². The normalized spacial score (nSPS) is 10.3. The molecule has 0 bridgehead atoms. The average molecular weight is 297 g/mol. The number of rotatable bonds is 7. The number of aryl methyl sites for hydroxylation is 1. The first-order valence-electron chi connectivity index (χ1n) is 7.77. The molecule has 0 fully saturated rings. The summed E-state index contributed by atoms with van der Waals surface area (Å²) in [7, 11) is 1.61. The Hall–Kier alpha value is -2.29. The van der Waals surface area contributed by atoms with E-state index in [1.165, 1.54) is 24.8 Å². The lowest BCUT2D eigenvalue weighted by Crippen LogP contribution is -2.11. The summed E-state index contributed by atoms with van der Waals surface area (Å²) in [5.41, 5.74) is 2.75. The number of hydrogen-bond donors (Lipinski definition) is 1. The number of unbranched alkanes of at least 4 members (excludes halogenated alkanes) is 2. The third-order valence-electron chi connectivity index (χ3n) is 3.63. The van der Waals surface area contributed by atoms with Crippen molar-refractivity contribution in [3.05, 3.63) is 59.7 Å². The molecule has 1 amide bonds. The van der Waals surface area contributed by atoms with Crippen LogP contribution in [0.25, 0.3) is 0 Å². The van der Waals surface area contributed by atoms with Crippen molar-refractivity contribution in [2.24, 2.45) is 0 Å². The van der Waals surface area contributed by atoms with Gasteiger partial charge in [-0.2, -0.15) is 0 Å². The molecule has 2 rings (SSSR count). The van der Waals surface area contributed by atoms with Gasteiger partial charge in [-0.3, -0.25) is 4.79 Å². The van der Waals surface area contributed by atoms with Crippen molar-refractivity contribution in [3.63, 3.8) is 0 Å². The second-order valence-electron chi connectivity index (χ2n) is 5.34. The number of carbonyl (C=O) groups excluding carboxylic acids is 1. The maximum Gasteiger partial charge on any atom is 0.255 e. The van der Waals surface area contributed by atoms with Crippen LogP contribution >= 0.6 is 0 Å². The van der Waals surface area contributed by atoms with Gasteiger partial charge < -0.3 is 10.1 Å². The number of anilines is 1. The van der Waals surface area contributed by atoms with Gasteiger partial charge in [-0.1, -0.05) is 31.9 Å². The summed E-state index contributed by atoms with van der Waals surface area (Å²) in [4.78, 5) is 12.2. The van der Waals surface area contributed by atoms with Gasteiger partial charge in [-0.05, 0) is 54.8 Å². The Morgan fingerprint density at radius 2 is 1.68 bits per heavy atom. The molecule has 0 spiro atoms. The lowest BCUT2D eigenvalue weighted by atomic mass is 10.1. The third kappa shape index (κ3) is 4.62. The van der Waals surface area contributed by atoms with E-state index in [0.717, 1.165) is 17.9 Å². The zero-order chi connectivity index (χ0) is 15.8. The number of methoxy groups -OCH3 is 1. The molecule has 2 aromatic carbocycles. The Balaban J connectivity index is 1.93. The Bertz CT molecular complexity index is 588. The van der Waals surface area contributed by atoms with E-state index < -0.39 is 0 Å². The van der Waals surface area contributed by atoms with Crippen molar-refractivity contribution in [2.45, 2.75) is 32.6 Å². The van der Waals surface area contributed by atoms with Gasteiger partial charge in [0.25, 0.3) is 5.91 Å². The highest BCUT2D eigenvalue weighted by Crippen LogP contribution is 2.15. The lowest BCUT2D eigenvalue weighted by Gasteiger charge is -2.07. The number of hydrogen-bond acceptors (Lipinski definition) is 2. The molecule has 1 N–H and O–H groups in total. The van der Waals surface area contributed by atoms with Crippen LogP contribution in [0, 0.1) is 0 Å². The van der Waals surface area contributed by atoms with Crippen LogP contribution in [-0.2, 0) is 6.42 Å². The molecule has 3 heteroatoms. The van der Waals surface area contributed by atoms with Gasteiger partial charge in [0.15, 0.2) is 0 Å². The fraction of sp³-hybridized carbons (Fsp3) is 0.316. The summed E-state index contributed by atoms with van der Waals surface area (Å²) in [6.07, 6.45) is 4.81. The first kappa shape index (κ1) is 16.1. The molecule has 0 saturated carbocycles. The highest BCUT2D eigenvalue weighted by atomic mass is 16.5. The highest BCUT2D eigenvalue weighted by Gasteiger charge is 2.06. The molecule has 0 aliphatic rings. The number of benzene rings is 2. The quantitative estimate of drug-likeness (QED) is 0.753. The minimum Gasteiger partial charge on any atom is -0.497 e. The summed E-state index contributed by atoms with van der Waals surface area (Å²) in [5.74, 6) is 0.634. The van der Waals surface area contributed by atoms with E-state index in [2.05, 4.69) is 24.4 Å². The first-order chi connectivity index (χ1) is 10.7. The number of carbonyl (C=O) groups is 1. The predicted octanol–water partition coefficient (Wildman–Crippen LogP) is 4.68. The van der Waals surface area contributed by atoms with Crippen LogP contribution in [0.3, 0.4) is 0 Å². The van der Waals surface area contributed by atoms with Crippen LogP contribution in [0.4, 0.5) is 5.69 Å². The molecule has 2 aromatic rings. The van der Waals surface area contributed by atoms with Gasteiger partial charge >= 0.3 is 0 Å². The first-order valence-corrected chi connectivity index (χ1v) is 7.77. The van der Waals surface area contributed by atoms with Gasteiger partial charge in [-0.25, -0.2) is 0 Å². The molecular formula is C19H23NO2. The van der Waals surface area contributed by atoms with Crippen molar-refractivity contribution in [3.8, 4) is 5.75 Å². The zero-order valence-corrected chi connectivity index (χ0v) is 13.3. The molecule has 3 nitrogen and oxygen atoms in total. The van der Waals surface area contributed by atoms with Gasteiger partial charge in [0.2, 0.25) is 0 Å². The zero-order valence-electron chi connectivity index (χ0n) is 13.3. The molecule has 0 radical (unpaired) electrons. The third-order valence-corrected chi connectivity index (χ3v) is 3.63. The molecule has 0 atom stereocenters. The molecule has 0 saturated heterocycles. The van der Waals surface area contributed by atoms with Crippen molar-refractivity contribution < 1.29 is 9.53 Å². The summed E-state index contributed by atoms with van der Waals surface area (Å²) in [5, 5.41) is 2.91. The van der Waals surface area contributed by atoms with Crippen LogP contribution in [0.2, 0.25) is 0 Å². The minimum absolute atomic E-state index is 0.110. The van der Waals surface area contributed by atoms with Crippen LogP contribution in [0.15, 0.2) is 48.5 Å². The van der Waals surface area contributed by atoms with E-state index in [1.54, 1.807) is 31.4 Å². The van der Waals surface area contributed by atoms with Gasteiger partial charge in [-0.15, -0.1) is 0 Å². The van der Waals surface area contributed by atoms with E-state index in [4.69, 9.17) is 4.74 Å². The fourth-order valence-corrected chi connectivity index (χ4v) is 2.28. The van der Waals surface area contributed by atoms with Crippen LogP contribution < -0.4 is 10.1 Å². The highest BCUT2D eigenvalue weighted by molar-refractivity contribution is 6.04. The average Bonchev–Trinajstić information content (AvgIpc) is 2.57. The summed E-state index contributed by atoms with van der Waals surface area (Å²) < 4.78 is 5.09. The maximum atomic E-state index is 12.2. The van der Waals surface area contributed by atoms with E-state index in [9.17, 15) is 4.79 Å². The van der Waals surface area contributed by atoms with E-state index in [-0.39, 0.29) is 5.91 Å². The largest absolute Gasteiger partial charge is 0.497 e. The minimum atomic E-state index is -0.110. The van der Waals surface area contributed by atoms with Crippen LogP contribution in [-0.4, -0.2) is 13.0 Å². The molecular weight excluding hydrogens is 274 g/mol. The van der Waals surface area contributed by atoms with Crippen molar-refractivity contribution >= 4 is 11.6 Å². The summed E-state index contributed by atoms with van der Waals surface area (Å²) >= 11 is 0. The second kappa shape index (κ2) is 8.23. The molecule has 0 unspecified atom stereocenters. The van der Waals surface area contributed by atoms with E-state index >= 15 is 0 Å². The molecule has 0 heterocycles. The van der Waals surface area contributed by atoms with E-state index in [1.807, 2.05) is 12.1 Å². The fourth-order valence-electron chi connectivity index (χ4n) is 2.28. The number of nitrogens with one attached hydrogen (secondary N) is 1. The Kier molecular flexibility index (Phi) is 6.01. The van der Waals surface area contributed by atoms with Crippen molar-refractivity contribution in [1.82, 2.24) is 0 Å². The topological polar surface area (TPSA) is 38.3 Å². The maximum absolute atomic E-state index is 12.2. The molecule has 22 heavy (non-hydrogen) atoms. The smallest absolute Gasteiger partial charge is 0.255 e. The number of amides is 1. The second-order valence-corrected chi connectivity index (χ2v) is 5.34. The summed E-state index contributed by atoms with van der Waals surface area (Å²) in [6, 6.07) is 15.2. The molecule has 0 aliphatic carbocycles. The lowest BCUT2D eigenvalue weighted by molar-refractivity contribution is 0.102. The molecule has 0 aromatic heterocycles. The Morgan fingerprint density at radius 1 is 1.00 bits per heavy atom. The summed E-state index contributed by atoms with van der Waals surface area (Å²) in [6.45, 7) is 2.21. The van der Waals surface area contributed by atoms with Gasteiger partial charge in [0, 0.05) is 11.3 Å². The standard InChI is InChI=1S/C19H23NO2/c1-3-4-5-6-15-7-11-17(12-8-15)20-19(21)16-9-13-18(22-2)14-10-16/h7-14H,3-6H2,1-2H3,(H,20,21). The number of ether oxygens (including phenoxy) is 1. The van der Waals surface area contributed by atoms with Crippen molar-refractivity contribution in [2.75, 3.05) is 12.4 Å². The SMILES string of the molecule is CCCCCc1ccc(NC(=O)c2ccc(OC)cc2)cc1. The molecule has 116 valence electrons. The Labute approximate surface area is 132 Å². The van der Waals surface area contributed by atoms with Crippen LogP contribution in [0.5, 0.6) is 5.75 Å².